The number of amidine groups is 1. The zero-order valence-electron chi connectivity index (χ0n) is 10.1. The number of hydrogen-bond donors (Lipinski definition) is 2. The zero-order valence-corrected chi connectivity index (χ0v) is 10.1. The predicted octanol–water partition coefficient (Wildman–Crippen LogP) is 2.50. The van der Waals surface area contributed by atoms with Crippen molar-refractivity contribution in [1.82, 2.24) is 0 Å². The topological polar surface area (TPSA) is 67.8 Å². The van der Waals surface area contributed by atoms with Gasteiger partial charge in [0.05, 0.1) is 0 Å². The van der Waals surface area contributed by atoms with E-state index in [-0.39, 0.29) is 18.2 Å². The van der Waals surface area contributed by atoms with Crippen molar-refractivity contribution in [2.75, 3.05) is 0 Å². The monoisotopic (exact) mass is 260 g/mol. The van der Waals surface area contributed by atoms with Gasteiger partial charge in [-0.25, -0.2) is 4.39 Å². The normalized spacial score (nSPS) is 11.3. The third-order valence-electron chi connectivity index (χ3n) is 2.56. The summed E-state index contributed by atoms with van der Waals surface area (Å²) in [5, 5.41) is 11.5. The van der Waals surface area contributed by atoms with E-state index in [4.69, 9.17) is 15.7 Å². The molecular formula is C14H13FN2O2. The number of ether oxygens (including phenoxy) is 1. The minimum Gasteiger partial charge on any atom is -0.486 e. The Labute approximate surface area is 109 Å². The van der Waals surface area contributed by atoms with Crippen LogP contribution in [0.4, 0.5) is 4.39 Å². The van der Waals surface area contributed by atoms with Crippen molar-refractivity contribution in [3.63, 3.8) is 0 Å². The van der Waals surface area contributed by atoms with Crippen LogP contribution in [0.15, 0.2) is 53.7 Å². The summed E-state index contributed by atoms with van der Waals surface area (Å²) in [5.74, 6) is -0.195. The van der Waals surface area contributed by atoms with Crippen molar-refractivity contribution in [3.8, 4) is 5.75 Å². The highest BCUT2D eigenvalue weighted by molar-refractivity contribution is 5.97. The van der Waals surface area contributed by atoms with Crippen LogP contribution in [0.3, 0.4) is 0 Å². The number of hydrogen-bond acceptors (Lipinski definition) is 3. The van der Waals surface area contributed by atoms with Crippen LogP contribution in [0.25, 0.3) is 0 Å². The number of rotatable bonds is 4. The fourth-order valence-corrected chi connectivity index (χ4v) is 1.60. The van der Waals surface area contributed by atoms with Crippen molar-refractivity contribution in [2.45, 2.75) is 6.61 Å². The summed E-state index contributed by atoms with van der Waals surface area (Å²) in [6.07, 6.45) is 0. The Kier molecular flexibility index (Phi) is 3.97. The Morgan fingerprint density at radius 3 is 2.74 bits per heavy atom. The SMILES string of the molecule is N/C(=N\O)c1cccc(COc2ccccc2F)c1. The highest BCUT2D eigenvalue weighted by Gasteiger charge is 2.04. The second-order valence-electron chi connectivity index (χ2n) is 3.90. The first kappa shape index (κ1) is 12.9. The van der Waals surface area contributed by atoms with Gasteiger partial charge in [-0.15, -0.1) is 0 Å². The molecule has 0 heterocycles. The van der Waals surface area contributed by atoms with E-state index in [1.165, 1.54) is 6.07 Å². The molecule has 98 valence electrons. The van der Waals surface area contributed by atoms with Crippen molar-refractivity contribution in [2.24, 2.45) is 10.9 Å². The fraction of sp³-hybridized carbons (Fsp3) is 0.0714. The molecule has 0 bridgehead atoms. The van der Waals surface area contributed by atoms with Crippen LogP contribution in [0, 0.1) is 5.82 Å². The van der Waals surface area contributed by atoms with Crippen LogP contribution in [0.2, 0.25) is 0 Å². The number of halogens is 1. The van der Waals surface area contributed by atoms with Gasteiger partial charge < -0.3 is 15.7 Å². The molecule has 0 amide bonds. The van der Waals surface area contributed by atoms with Crippen LogP contribution in [0.1, 0.15) is 11.1 Å². The van der Waals surface area contributed by atoms with Crippen LogP contribution >= 0.6 is 0 Å². The predicted molar refractivity (Wildman–Crippen MR) is 69.7 cm³/mol. The number of oxime groups is 1. The Balaban J connectivity index is 2.10. The smallest absolute Gasteiger partial charge is 0.170 e. The summed E-state index contributed by atoms with van der Waals surface area (Å²) >= 11 is 0. The lowest BCUT2D eigenvalue weighted by molar-refractivity contribution is 0.290. The molecule has 3 N–H and O–H groups in total. The molecule has 4 nitrogen and oxygen atoms in total. The lowest BCUT2D eigenvalue weighted by atomic mass is 10.1. The second kappa shape index (κ2) is 5.86. The maximum atomic E-state index is 13.4. The average molecular weight is 260 g/mol. The maximum absolute atomic E-state index is 13.4. The molecule has 0 radical (unpaired) electrons. The van der Waals surface area contributed by atoms with Crippen LogP contribution in [0.5, 0.6) is 5.75 Å². The van der Waals surface area contributed by atoms with E-state index in [1.54, 1.807) is 36.4 Å². The summed E-state index contributed by atoms with van der Waals surface area (Å²) in [7, 11) is 0. The van der Waals surface area contributed by atoms with Gasteiger partial charge in [-0.3, -0.25) is 0 Å². The van der Waals surface area contributed by atoms with E-state index < -0.39 is 5.82 Å². The second-order valence-corrected chi connectivity index (χ2v) is 3.90. The minimum absolute atomic E-state index is 0.0211. The molecule has 2 aromatic rings. The Hall–Kier alpha value is -2.56. The number of nitrogens with zero attached hydrogens (tertiary/aromatic N) is 1. The van der Waals surface area contributed by atoms with Gasteiger partial charge in [-0.2, -0.15) is 0 Å². The Morgan fingerprint density at radius 1 is 1.21 bits per heavy atom. The summed E-state index contributed by atoms with van der Waals surface area (Å²) in [6, 6.07) is 13.2. The van der Waals surface area contributed by atoms with Gasteiger partial charge in [-0.05, 0) is 23.8 Å². The van der Waals surface area contributed by atoms with Crippen LogP contribution in [-0.2, 0) is 6.61 Å². The summed E-state index contributed by atoms with van der Waals surface area (Å²) in [5.41, 5.74) is 6.87. The first-order valence-electron chi connectivity index (χ1n) is 5.65. The van der Waals surface area contributed by atoms with Crippen LogP contribution in [-0.4, -0.2) is 11.0 Å². The molecule has 0 aliphatic heterocycles. The highest BCUT2D eigenvalue weighted by atomic mass is 19.1. The van der Waals surface area contributed by atoms with Gasteiger partial charge >= 0.3 is 0 Å². The van der Waals surface area contributed by atoms with Gasteiger partial charge in [0.2, 0.25) is 0 Å². The fourth-order valence-electron chi connectivity index (χ4n) is 1.60. The van der Waals surface area contributed by atoms with E-state index >= 15 is 0 Å². The summed E-state index contributed by atoms with van der Waals surface area (Å²) in [4.78, 5) is 0. The molecule has 0 aromatic heterocycles. The van der Waals surface area contributed by atoms with Crippen molar-refractivity contribution in [1.29, 1.82) is 0 Å². The molecule has 0 aliphatic carbocycles. The standard InChI is InChI=1S/C14H13FN2O2/c15-12-6-1-2-7-13(12)19-9-10-4-3-5-11(8-10)14(16)17-18/h1-8,18H,9H2,(H2,16,17). The maximum Gasteiger partial charge on any atom is 0.170 e. The Bertz CT molecular complexity index is 600. The van der Waals surface area contributed by atoms with E-state index in [0.29, 0.717) is 5.56 Å². The van der Waals surface area contributed by atoms with Crippen molar-refractivity contribution in [3.05, 3.63) is 65.5 Å². The van der Waals surface area contributed by atoms with Gasteiger partial charge in [-0.1, -0.05) is 35.5 Å². The summed E-state index contributed by atoms with van der Waals surface area (Å²) in [6.45, 7) is 0.202. The van der Waals surface area contributed by atoms with Gasteiger partial charge in [0.15, 0.2) is 17.4 Å². The van der Waals surface area contributed by atoms with E-state index in [1.807, 2.05) is 6.07 Å². The van der Waals surface area contributed by atoms with Crippen LogP contribution < -0.4 is 10.5 Å². The molecule has 0 saturated carbocycles. The molecule has 2 rings (SSSR count). The van der Waals surface area contributed by atoms with Crippen molar-refractivity contribution < 1.29 is 14.3 Å². The number of para-hydroxylation sites is 1. The molecule has 0 unspecified atom stereocenters. The summed E-state index contributed by atoms with van der Waals surface area (Å²) < 4.78 is 18.7. The minimum atomic E-state index is -0.407. The number of nitrogens with two attached hydrogens (primary N) is 1. The molecule has 0 fully saturated rings. The van der Waals surface area contributed by atoms with Gasteiger partial charge in [0, 0.05) is 5.56 Å². The average Bonchev–Trinajstić information content (AvgIpc) is 2.46. The Morgan fingerprint density at radius 2 is 2.00 bits per heavy atom. The number of benzene rings is 2. The first-order chi connectivity index (χ1) is 9.20. The van der Waals surface area contributed by atoms with E-state index in [0.717, 1.165) is 5.56 Å². The first-order valence-corrected chi connectivity index (χ1v) is 5.65. The molecule has 19 heavy (non-hydrogen) atoms. The van der Waals surface area contributed by atoms with E-state index in [2.05, 4.69) is 5.16 Å². The largest absolute Gasteiger partial charge is 0.486 e. The zero-order chi connectivity index (χ0) is 13.7. The lowest BCUT2D eigenvalue weighted by Crippen LogP contribution is -2.13. The van der Waals surface area contributed by atoms with Crippen molar-refractivity contribution >= 4 is 5.84 Å². The lowest BCUT2D eigenvalue weighted by Gasteiger charge is -2.08. The third kappa shape index (κ3) is 3.22. The molecule has 0 atom stereocenters. The quantitative estimate of drug-likeness (QED) is 0.384. The third-order valence-corrected chi connectivity index (χ3v) is 2.56. The van der Waals surface area contributed by atoms with Gasteiger partial charge in [0.1, 0.15) is 6.61 Å². The van der Waals surface area contributed by atoms with E-state index in [9.17, 15) is 4.39 Å². The molecule has 0 saturated heterocycles. The molecule has 5 heteroatoms. The van der Waals surface area contributed by atoms with Gasteiger partial charge in [0.25, 0.3) is 0 Å². The molecule has 0 aliphatic rings. The highest BCUT2D eigenvalue weighted by Crippen LogP contribution is 2.17. The molecule has 2 aromatic carbocycles. The molecule has 0 spiro atoms. The molecular weight excluding hydrogens is 247 g/mol.